The first-order valence-electron chi connectivity index (χ1n) is 8.25. The molecule has 0 saturated heterocycles. The third-order valence-corrected chi connectivity index (χ3v) is 3.32. The quantitative estimate of drug-likeness (QED) is 0.798. The van der Waals surface area contributed by atoms with Gasteiger partial charge in [0.1, 0.15) is 5.60 Å². The monoisotopic (exact) mass is 348 g/mol. The molecule has 25 heavy (non-hydrogen) atoms. The van der Waals surface area contributed by atoms with Crippen LogP contribution in [-0.4, -0.2) is 35.7 Å². The van der Waals surface area contributed by atoms with Gasteiger partial charge in [0.05, 0.1) is 5.56 Å². The van der Waals surface area contributed by atoms with Crippen molar-refractivity contribution in [1.82, 2.24) is 5.32 Å². The van der Waals surface area contributed by atoms with E-state index in [4.69, 9.17) is 9.47 Å². The highest BCUT2D eigenvalue weighted by molar-refractivity contribution is 5.94. The summed E-state index contributed by atoms with van der Waals surface area (Å²) in [6, 6.07) is 6.46. The Kier molecular flexibility index (Phi) is 5.66. The van der Waals surface area contributed by atoms with Crippen molar-refractivity contribution >= 4 is 23.7 Å². The highest BCUT2D eigenvalue weighted by Gasteiger charge is 2.27. The maximum absolute atomic E-state index is 12.2. The second-order valence-electron chi connectivity index (χ2n) is 7.04. The molecule has 1 fully saturated rings. The molecule has 0 bridgehead atoms. The van der Waals surface area contributed by atoms with Crippen molar-refractivity contribution in [3.63, 3.8) is 0 Å². The van der Waals surface area contributed by atoms with Crippen molar-refractivity contribution in [3.8, 4) is 0 Å². The minimum atomic E-state index is -0.879. The topological polar surface area (TPSA) is 93.7 Å². The van der Waals surface area contributed by atoms with Gasteiger partial charge < -0.3 is 14.8 Å². The Bertz CT molecular complexity index is 662. The third kappa shape index (κ3) is 6.45. The molecule has 1 unspecified atom stereocenters. The molecule has 0 aromatic heterocycles. The van der Waals surface area contributed by atoms with Crippen LogP contribution in [0.4, 0.5) is 10.5 Å². The fourth-order valence-corrected chi connectivity index (χ4v) is 1.97. The molecular weight excluding hydrogens is 324 g/mol. The molecule has 1 aliphatic rings. The Hall–Kier alpha value is -2.57. The largest absolute Gasteiger partial charge is 0.449 e. The van der Waals surface area contributed by atoms with Crippen LogP contribution in [0.5, 0.6) is 0 Å². The van der Waals surface area contributed by atoms with Crippen LogP contribution < -0.4 is 10.6 Å². The number of carbonyl (C=O) groups is 3. The van der Waals surface area contributed by atoms with Gasteiger partial charge in [-0.1, -0.05) is 6.07 Å². The van der Waals surface area contributed by atoms with E-state index in [1.807, 2.05) is 0 Å². The van der Waals surface area contributed by atoms with Crippen LogP contribution in [0.3, 0.4) is 0 Å². The molecule has 136 valence electrons. The van der Waals surface area contributed by atoms with E-state index >= 15 is 0 Å². The minimum absolute atomic E-state index is 0.204. The Morgan fingerprint density at radius 1 is 1.20 bits per heavy atom. The first-order chi connectivity index (χ1) is 11.6. The number of rotatable bonds is 5. The molecule has 0 spiro atoms. The van der Waals surface area contributed by atoms with Crippen LogP contribution >= 0.6 is 0 Å². The number of esters is 1. The Labute approximate surface area is 147 Å². The summed E-state index contributed by atoms with van der Waals surface area (Å²) in [6.45, 7) is 6.80. The van der Waals surface area contributed by atoms with E-state index in [9.17, 15) is 14.4 Å². The smallest absolute Gasteiger partial charge is 0.412 e. The lowest BCUT2D eigenvalue weighted by atomic mass is 10.2. The normalized spacial score (nSPS) is 15.0. The average molecular weight is 348 g/mol. The van der Waals surface area contributed by atoms with Gasteiger partial charge in [-0.25, -0.2) is 9.59 Å². The maximum Gasteiger partial charge on any atom is 0.412 e. The zero-order valence-electron chi connectivity index (χ0n) is 14.9. The number of hydrogen-bond acceptors (Lipinski definition) is 5. The lowest BCUT2D eigenvalue weighted by Gasteiger charge is -2.19. The third-order valence-electron chi connectivity index (χ3n) is 3.32. The Morgan fingerprint density at radius 2 is 1.88 bits per heavy atom. The van der Waals surface area contributed by atoms with E-state index in [-0.39, 0.29) is 17.5 Å². The molecule has 0 aliphatic heterocycles. The second kappa shape index (κ2) is 7.55. The first-order valence-corrected chi connectivity index (χ1v) is 8.25. The summed E-state index contributed by atoms with van der Waals surface area (Å²) in [5.41, 5.74) is 0.0174. The second-order valence-corrected chi connectivity index (χ2v) is 7.04. The molecule has 1 aromatic carbocycles. The van der Waals surface area contributed by atoms with Crippen molar-refractivity contribution < 1.29 is 23.9 Å². The van der Waals surface area contributed by atoms with Crippen molar-refractivity contribution in [3.05, 3.63) is 29.8 Å². The van der Waals surface area contributed by atoms with E-state index in [0.29, 0.717) is 5.69 Å². The number of ether oxygens (including phenoxy) is 2. The van der Waals surface area contributed by atoms with Gasteiger partial charge in [-0.05, 0) is 58.7 Å². The highest BCUT2D eigenvalue weighted by Crippen LogP contribution is 2.19. The molecule has 1 aliphatic carbocycles. The van der Waals surface area contributed by atoms with E-state index in [0.717, 1.165) is 12.8 Å². The predicted molar refractivity (Wildman–Crippen MR) is 92.3 cm³/mol. The summed E-state index contributed by atoms with van der Waals surface area (Å²) < 4.78 is 10.3. The molecule has 1 atom stereocenters. The van der Waals surface area contributed by atoms with Gasteiger partial charge in [-0.15, -0.1) is 0 Å². The number of benzene rings is 1. The average Bonchev–Trinajstić information content (AvgIpc) is 3.29. The summed E-state index contributed by atoms with van der Waals surface area (Å²) in [4.78, 5) is 35.8. The first kappa shape index (κ1) is 18.8. The van der Waals surface area contributed by atoms with Crippen molar-refractivity contribution in [2.75, 3.05) is 5.32 Å². The summed E-state index contributed by atoms with van der Waals surface area (Å²) in [5, 5.41) is 5.34. The van der Waals surface area contributed by atoms with Crippen LogP contribution in [0.1, 0.15) is 50.9 Å². The number of carbonyl (C=O) groups excluding carboxylic acids is 3. The lowest BCUT2D eigenvalue weighted by molar-refractivity contribution is -0.129. The van der Waals surface area contributed by atoms with Crippen LogP contribution in [-0.2, 0) is 14.3 Å². The summed E-state index contributed by atoms with van der Waals surface area (Å²) in [7, 11) is 0. The van der Waals surface area contributed by atoms with Gasteiger partial charge >= 0.3 is 12.1 Å². The summed E-state index contributed by atoms with van der Waals surface area (Å²) in [6.07, 6.45) is 0.432. The molecule has 2 N–H and O–H groups in total. The molecule has 2 amide bonds. The fourth-order valence-electron chi connectivity index (χ4n) is 1.97. The van der Waals surface area contributed by atoms with Crippen LogP contribution in [0.25, 0.3) is 0 Å². The minimum Gasteiger partial charge on any atom is -0.449 e. The van der Waals surface area contributed by atoms with Gasteiger partial charge in [-0.2, -0.15) is 0 Å². The van der Waals surface area contributed by atoms with Crippen LogP contribution in [0.2, 0.25) is 0 Å². The lowest BCUT2D eigenvalue weighted by Crippen LogP contribution is -2.37. The maximum atomic E-state index is 12.2. The molecule has 0 radical (unpaired) electrons. The summed E-state index contributed by atoms with van der Waals surface area (Å²) >= 11 is 0. The van der Waals surface area contributed by atoms with Crippen molar-refractivity contribution in [2.45, 2.75) is 58.3 Å². The molecular formula is C18H24N2O5. The summed E-state index contributed by atoms with van der Waals surface area (Å²) in [5.74, 6) is -0.940. The zero-order valence-corrected chi connectivity index (χ0v) is 14.9. The van der Waals surface area contributed by atoms with Crippen LogP contribution in [0, 0.1) is 0 Å². The van der Waals surface area contributed by atoms with Gasteiger partial charge in [0.15, 0.2) is 6.10 Å². The Balaban J connectivity index is 1.93. The van der Waals surface area contributed by atoms with Crippen molar-refractivity contribution in [1.29, 1.82) is 0 Å². The standard InChI is InChI=1S/C18H24N2O5/c1-11(15(21)19-13-8-9-13)24-16(22)12-6-5-7-14(10-12)20-17(23)25-18(2,3)4/h5-7,10-11,13H,8-9H2,1-4H3,(H,19,21)(H,20,23). The van der Waals surface area contributed by atoms with E-state index in [1.165, 1.54) is 13.0 Å². The molecule has 2 rings (SSSR count). The molecule has 1 saturated carbocycles. The molecule has 7 nitrogen and oxygen atoms in total. The zero-order chi connectivity index (χ0) is 18.6. The SMILES string of the molecule is CC(OC(=O)c1cccc(NC(=O)OC(C)(C)C)c1)C(=O)NC1CC1. The van der Waals surface area contributed by atoms with Gasteiger partial charge in [0, 0.05) is 11.7 Å². The van der Waals surface area contributed by atoms with Gasteiger partial charge in [0.2, 0.25) is 0 Å². The number of hydrogen-bond donors (Lipinski definition) is 2. The highest BCUT2D eigenvalue weighted by atomic mass is 16.6. The number of anilines is 1. The van der Waals surface area contributed by atoms with Crippen LogP contribution in [0.15, 0.2) is 24.3 Å². The van der Waals surface area contributed by atoms with E-state index in [1.54, 1.807) is 39.0 Å². The molecule has 7 heteroatoms. The predicted octanol–water partition coefficient (Wildman–Crippen LogP) is 2.86. The van der Waals surface area contributed by atoms with E-state index < -0.39 is 23.8 Å². The Morgan fingerprint density at radius 3 is 2.48 bits per heavy atom. The molecule has 1 aromatic rings. The van der Waals surface area contributed by atoms with Gasteiger partial charge in [0.25, 0.3) is 5.91 Å². The molecule has 0 heterocycles. The van der Waals surface area contributed by atoms with Gasteiger partial charge in [-0.3, -0.25) is 10.1 Å². The number of amides is 2. The van der Waals surface area contributed by atoms with Crippen molar-refractivity contribution in [2.24, 2.45) is 0 Å². The fraction of sp³-hybridized carbons (Fsp3) is 0.500. The van der Waals surface area contributed by atoms with E-state index in [2.05, 4.69) is 10.6 Å². The number of nitrogens with one attached hydrogen (secondary N) is 2.